The van der Waals surface area contributed by atoms with E-state index < -0.39 is 17.6 Å². The summed E-state index contributed by atoms with van der Waals surface area (Å²) in [6.45, 7) is 1.38. The first kappa shape index (κ1) is 21.3. The molecule has 0 saturated carbocycles. The molecule has 0 atom stereocenters. The van der Waals surface area contributed by atoms with Gasteiger partial charge in [-0.3, -0.25) is 9.59 Å². The van der Waals surface area contributed by atoms with Crippen molar-refractivity contribution < 1.29 is 22.8 Å². The molecule has 2 amide bonds. The lowest BCUT2D eigenvalue weighted by atomic mass is 10.1. The summed E-state index contributed by atoms with van der Waals surface area (Å²) in [5.41, 5.74) is -0.175. The van der Waals surface area contributed by atoms with Crippen molar-refractivity contribution in [2.24, 2.45) is 0 Å². The highest BCUT2D eigenvalue weighted by Crippen LogP contribution is 2.34. The van der Waals surface area contributed by atoms with Crippen LogP contribution in [0.5, 0.6) is 0 Å². The van der Waals surface area contributed by atoms with E-state index in [1.54, 1.807) is 24.3 Å². The van der Waals surface area contributed by atoms with Crippen molar-refractivity contribution in [1.82, 2.24) is 20.2 Å². The van der Waals surface area contributed by atoms with Gasteiger partial charge < -0.3 is 10.6 Å². The van der Waals surface area contributed by atoms with Gasteiger partial charge in [0.25, 0.3) is 0 Å². The Labute approximate surface area is 172 Å². The molecule has 12 heteroatoms. The van der Waals surface area contributed by atoms with E-state index in [0.717, 1.165) is 17.8 Å². The largest absolute Gasteiger partial charge is 0.418 e. The Hall–Kier alpha value is -3.41. The van der Waals surface area contributed by atoms with Gasteiger partial charge in [-0.2, -0.15) is 17.9 Å². The van der Waals surface area contributed by atoms with Gasteiger partial charge in [0.15, 0.2) is 0 Å². The molecule has 0 radical (unpaired) electrons. The number of nitrogens with zero attached hydrogens (tertiary/aromatic N) is 4. The maximum Gasteiger partial charge on any atom is 0.418 e. The fraction of sp³-hybridized carbons (Fsp3) is 0.167. The van der Waals surface area contributed by atoms with Gasteiger partial charge in [0.05, 0.1) is 22.7 Å². The first-order valence-corrected chi connectivity index (χ1v) is 9.48. The van der Waals surface area contributed by atoms with E-state index in [2.05, 4.69) is 26.2 Å². The lowest BCUT2D eigenvalue weighted by Crippen LogP contribution is -2.18. The summed E-state index contributed by atoms with van der Waals surface area (Å²) in [6.07, 6.45) is -4.58. The molecule has 0 spiro atoms. The van der Waals surface area contributed by atoms with Gasteiger partial charge in [-0.25, -0.2) is 0 Å². The molecule has 0 aliphatic carbocycles. The molecule has 1 heterocycles. The van der Waals surface area contributed by atoms with Crippen molar-refractivity contribution in [2.45, 2.75) is 18.3 Å². The van der Waals surface area contributed by atoms with Crippen LogP contribution in [0.2, 0.25) is 0 Å². The molecule has 2 aromatic carbocycles. The van der Waals surface area contributed by atoms with Crippen LogP contribution in [-0.2, 0) is 15.8 Å². The average molecular weight is 436 g/mol. The molecule has 30 heavy (non-hydrogen) atoms. The summed E-state index contributed by atoms with van der Waals surface area (Å²) in [5, 5.41) is 16.4. The van der Waals surface area contributed by atoms with Crippen LogP contribution in [0.25, 0.3) is 5.69 Å². The van der Waals surface area contributed by atoms with Gasteiger partial charge in [-0.15, -0.1) is 5.10 Å². The molecule has 0 fully saturated rings. The summed E-state index contributed by atoms with van der Waals surface area (Å²) >= 11 is 0.955. The molecule has 3 aromatic rings. The molecular weight excluding hydrogens is 421 g/mol. The van der Waals surface area contributed by atoms with Gasteiger partial charge in [0.1, 0.15) is 0 Å². The molecule has 156 valence electrons. The van der Waals surface area contributed by atoms with Crippen LogP contribution in [-0.4, -0.2) is 37.8 Å². The first-order valence-electron chi connectivity index (χ1n) is 8.49. The smallest absolute Gasteiger partial charge is 0.326 e. The zero-order chi connectivity index (χ0) is 21.7. The van der Waals surface area contributed by atoms with Crippen LogP contribution in [0.4, 0.5) is 24.5 Å². The Balaban J connectivity index is 1.70. The third-order valence-electron chi connectivity index (χ3n) is 3.69. The maximum absolute atomic E-state index is 13.0. The Kier molecular flexibility index (Phi) is 6.35. The fourth-order valence-electron chi connectivity index (χ4n) is 2.51. The highest BCUT2D eigenvalue weighted by molar-refractivity contribution is 7.99. The summed E-state index contributed by atoms with van der Waals surface area (Å²) in [7, 11) is 0. The zero-order valence-electron chi connectivity index (χ0n) is 15.5. The molecule has 0 aliphatic heterocycles. The number of hydrogen-bond donors (Lipinski definition) is 2. The van der Waals surface area contributed by atoms with Crippen LogP contribution < -0.4 is 10.6 Å². The number of nitrogens with one attached hydrogen (secondary N) is 2. The first-order chi connectivity index (χ1) is 14.2. The zero-order valence-corrected chi connectivity index (χ0v) is 16.3. The van der Waals surface area contributed by atoms with E-state index >= 15 is 0 Å². The molecular formula is C18H15F3N6O2S. The van der Waals surface area contributed by atoms with Crippen molar-refractivity contribution in [1.29, 1.82) is 0 Å². The maximum atomic E-state index is 13.0. The minimum atomic E-state index is -4.58. The van der Waals surface area contributed by atoms with Crippen molar-refractivity contribution in [3.63, 3.8) is 0 Å². The fourth-order valence-corrected chi connectivity index (χ4v) is 3.20. The number of para-hydroxylation sites is 1. The van der Waals surface area contributed by atoms with Crippen molar-refractivity contribution in [3.05, 3.63) is 54.1 Å². The standard InChI is InChI=1S/C18H15F3N6O2S/c1-11(28)22-12-5-4-6-13(9-12)27-17(24-25-26-27)30-10-16(29)23-15-8-3-2-7-14(15)18(19,20)21/h2-9H,10H2,1H3,(H,22,28)(H,23,29). The molecule has 1 aromatic heterocycles. The van der Waals surface area contributed by atoms with Crippen LogP contribution in [0.1, 0.15) is 12.5 Å². The molecule has 8 nitrogen and oxygen atoms in total. The van der Waals surface area contributed by atoms with E-state index in [-0.39, 0.29) is 22.5 Å². The molecule has 0 unspecified atom stereocenters. The molecule has 0 aliphatic rings. The van der Waals surface area contributed by atoms with Crippen LogP contribution in [0.3, 0.4) is 0 Å². The highest BCUT2D eigenvalue weighted by atomic mass is 32.2. The number of anilines is 2. The summed E-state index contributed by atoms with van der Waals surface area (Å²) < 4.78 is 40.5. The monoisotopic (exact) mass is 436 g/mol. The number of carbonyl (C=O) groups is 2. The van der Waals surface area contributed by atoms with Gasteiger partial charge >= 0.3 is 6.18 Å². The van der Waals surface area contributed by atoms with Crippen molar-refractivity contribution in [3.8, 4) is 5.69 Å². The van der Waals surface area contributed by atoms with E-state index in [0.29, 0.717) is 11.4 Å². The van der Waals surface area contributed by atoms with Gasteiger partial charge in [0, 0.05) is 12.6 Å². The van der Waals surface area contributed by atoms with Crippen molar-refractivity contribution in [2.75, 3.05) is 16.4 Å². The predicted octanol–water partition coefficient (Wildman–Crippen LogP) is 3.37. The van der Waals surface area contributed by atoms with Gasteiger partial charge in [-0.05, 0) is 40.8 Å². The normalized spacial score (nSPS) is 11.2. The highest BCUT2D eigenvalue weighted by Gasteiger charge is 2.33. The average Bonchev–Trinajstić information content (AvgIpc) is 3.14. The number of alkyl halides is 3. The predicted molar refractivity (Wildman–Crippen MR) is 104 cm³/mol. The van der Waals surface area contributed by atoms with Gasteiger partial charge in [0.2, 0.25) is 17.0 Å². The third-order valence-corrected chi connectivity index (χ3v) is 4.61. The van der Waals surface area contributed by atoms with Crippen LogP contribution >= 0.6 is 11.8 Å². The number of amides is 2. The number of aromatic nitrogens is 4. The number of tetrazole rings is 1. The number of rotatable bonds is 6. The molecule has 0 bridgehead atoms. The SMILES string of the molecule is CC(=O)Nc1cccc(-n2nnnc2SCC(=O)Nc2ccccc2C(F)(F)F)c1. The van der Waals surface area contributed by atoms with Crippen molar-refractivity contribution >= 4 is 35.0 Å². The number of hydrogen-bond acceptors (Lipinski definition) is 6. The van der Waals surface area contributed by atoms with Gasteiger partial charge in [-0.1, -0.05) is 30.0 Å². The molecule has 3 rings (SSSR count). The minimum absolute atomic E-state index is 0.210. The van der Waals surface area contributed by atoms with E-state index in [4.69, 9.17) is 0 Å². The van der Waals surface area contributed by atoms with Crippen LogP contribution in [0.15, 0.2) is 53.7 Å². The number of halogens is 3. The number of benzene rings is 2. The summed E-state index contributed by atoms with van der Waals surface area (Å²) in [5.74, 6) is -1.09. The summed E-state index contributed by atoms with van der Waals surface area (Å²) in [4.78, 5) is 23.4. The second-order valence-corrected chi connectivity index (χ2v) is 6.93. The Morgan fingerprint density at radius 2 is 1.87 bits per heavy atom. The Morgan fingerprint density at radius 3 is 2.60 bits per heavy atom. The van der Waals surface area contributed by atoms with E-state index in [9.17, 15) is 22.8 Å². The second-order valence-electron chi connectivity index (χ2n) is 5.98. The lowest BCUT2D eigenvalue weighted by molar-refractivity contribution is -0.137. The molecule has 0 saturated heterocycles. The Morgan fingerprint density at radius 1 is 1.10 bits per heavy atom. The third kappa shape index (κ3) is 5.35. The molecule has 2 N–H and O–H groups in total. The topological polar surface area (TPSA) is 102 Å². The summed E-state index contributed by atoms with van der Waals surface area (Å²) in [6, 6.07) is 11.4. The lowest BCUT2D eigenvalue weighted by Gasteiger charge is -2.13. The minimum Gasteiger partial charge on any atom is -0.326 e. The second kappa shape index (κ2) is 8.95. The number of carbonyl (C=O) groups excluding carboxylic acids is 2. The Bertz CT molecular complexity index is 1070. The van der Waals surface area contributed by atoms with Crippen LogP contribution in [0, 0.1) is 0 Å². The van der Waals surface area contributed by atoms with E-state index in [1.807, 2.05) is 0 Å². The van der Waals surface area contributed by atoms with E-state index in [1.165, 1.54) is 29.8 Å². The quantitative estimate of drug-likeness (QED) is 0.575. The number of thioether (sulfide) groups is 1.